The number of aromatic nitrogens is 3. The maximum absolute atomic E-state index is 13.0. The number of nitrogens with zero attached hydrogens (tertiary/aromatic N) is 2. The summed E-state index contributed by atoms with van der Waals surface area (Å²) in [5.41, 5.74) is 5.11. The fraction of sp³-hybridized carbons (Fsp3) is 0.143. The molecule has 0 bridgehead atoms. The zero-order valence-corrected chi connectivity index (χ0v) is 15.3. The molecule has 6 heteroatoms. The van der Waals surface area contributed by atoms with Gasteiger partial charge in [0.05, 0.1) is 11.3 Å². The first-order chi connectivity index (χ1) is 13.1. The summed E-state index contributed by atoms with van der Waals surface area (Å²) in [5, 5.41) is 11.0. The Kier molecular flexibility index (Phi) is 4.48. The van der Waals surface area contributed by atoms with E-state index in [2.05, 4.69) is 25.4 Å². The SMILES string of the molecule is CN(C)Cc1ccc(NC(=O)c2cc3[nH]ccc3cc2-c2ccn[nH]2)cc1. The third-order valence-electron chi connectivity index (χ3n) is 4.44. The lowest BCUT2D eigenvalue weighted by atomic mass is 10.0. The Morgan fingerprint density at radius 3 is 2.63 bits per heavy atom. The Morgan fingerprint density at radius 1 is 1.11 bits per heavy atom. The van der Waals surface area contributed by atoms with E-state index in [1.807, 2.05) is 68.8 Å². The van der Waals surface area contributed by atoms with Crippen LogP contribution in [0.1, 0.15) is 15.9 Å². The van der Waals surface area contributed by atoms with Crippen molar-refractivity contribution in [3.05, 3.63) is 72.1 Å². The Labute approximate surface area is 157 Å². The average Bonchev–Trinajstić information content (AvgIpc) is 3.33. The summed E-state index contributed by atoms with van der Waals surface area (Å²) < 4.78 is 0. The van der Waals surface area contributed by atoms with Gasteiger partial charge in [0.15, 0.2) is 0 Å². The Hall–Kier alpha value is -3.38. The molecule has 0 fully saturated rings. The number of fused-ring (bicyclic) bond motifs is 1. The molecule has 3 N–H and O–H groups in total. The maximum Gasteiger partial charge on any atom is 0.256 e. The molecule has 0 aliphatic rings. The van der Waals surface area contributed by atoms with Gasteiger partial charge in [0, 0.05) is 41.1 Å². The van der Waals surface area contributed by atoms with Gasteiger partial charge in [-0.15, -0.1) is 0 Å². The third-order valence-corrected chi connectivity index (χ3v) is 4.44. The number of rotatable bonds is 5. The summed E-state index contributed by atoms with van der Waals surface area (Å²) in [7, 11) is 4.06. The third kappa shape index (κ3) is 3.61. The average molecular weight is 359 g/mol. The van der Waals surface area contributed by atoms with Crippen LogP contribution in [0, 0.1) is 0 Å². The number of carbonyl (C=O) groups excluding carboxylic acids is 1. The van der Waals surface area contributed by atoms with E-state index in [9.17, 15) is 4.79 Å². The molecule has 0 saturated heterocycles. The molecule has 1 amide bonds. The second-order valence-electron chi connectivity index (χ2n) is 6.82. The van der Waals surface area contributed by atoms with E-state index in [0.29, 0.717) is 5.56 Å². The van der Waals surface area contributed by atoms with Crippen molar-refractivity contribution in [3.8, 4) is 11.3 Å². The van der Waals surface area contributed by atoms with Crippen LogP contribution in [0.25, 0.3) is 22.2 Å². The standard InChI is InChI=1S/C21H21N5O/c1-26(2)13-14-3-5-16(6-4-14)24-21(27)18-12-20-15(7-9-22-20)11-17(18)19-8-10-23-25-19/h3-12,22H,13H2,1-2H3,(H,23,25)(H,24,27). The molecule has 0 unspecified atom stereocenters. The summed E-state index contributed by atoms with van der Waals surface area (Å²) in [6, 6.07) is 15.6. The molecule has 0 spiro atoms. The molecule has 4 aromatic rings. The maximum atomic E-state index is 13.0. The highest BCUT2D eigenvalue weighted by Gasteiger charge is 2.16. The molecule has 2 heterocycles. The zero-order valence-electron chi connectivity index (χ0n) is 15.3. The largest absolute Gasteiger partial charge is 0.361 e. The van der Waals surface area contributed by atoms with E-state index >= 15 is 0 Å². The second-order valence-corrected chi connectivity index (χ2v) is 6.82. The van der Waals surface area contributed by atoms with Crippen LogP contribution in [-0.2, 0) is 6.54 Å². The van der Waals surface area contributed by atoms with Crippen molar-refractivity contribution in [1.29, 1.82) is 0 Å². The van der Waals surface area contributed by atoms with Gasteiger partial charge in [0.2, 0.25) is 0 Å². The van der Waals surface area contributed by atoms with Crippen molar-refractivity contribution in [2.24, 2.45) is 0 Å². The van der Waals surface area contributed by atoms with Crippen LogP contribution in [-0.4, -0.2) is 40.1 Å². The quantitative estimate of drug-likeness (QED) is 0.506. The van der Waals surface area contributed by atoms with Gasteiger partial charge in [-0.2, -0.15) is 5.10 Å². The number of hydrogen-bond donors (Lipinski definition) is 3. The fourth-order valence-electron chi connectivity index (χ4n) is 3.17. The minimum Gasteiger partial charge on any atom is -0.361 e. The first kappa shape index (κ1) is 17.1. The van der Waals surface area contributed by atoms with Crippen molar-refractivity contribution in [2.45, 2.75) is 6.54 Å². The first-order valence-corrected chi connectivity index (χ1v) is 8.76. The van der Waals surface area contributed by atoms with Gasteiger partial charge in [-0.3, -0.25) is 9.89 Å². The lowest BCUT2D eigenvalue weighted by Crippen LogP contribution is -2.14. The number of amides is 1. The van der Waals surface area contributed by atoms with Crippen LogP contribution in [0.15, 0.2) is 60.9 Å². The molecule has 6 nitrogen and oxygen atoms in total. The molecule has 0 atom stereocenters. The molecule has 27 heavy (non-hydrogen) atoms. The highest BCUT2D eigenvalue weighted by atomic mass is 16.1. The Balaban J connectivity index is 1.65. The second kappa shape index (κ2) is 7.09. The van der Waals surface area contributed by atoms with Gasteiger partial charge < -0.3 is 15.2 Å². The first-order valence-electron chi connectivity index (χ1n) is 8.76. The number of hydrogen-bond acceptors (Lipinski definition) is 3. The number of aromatic amines is 2. The molecular formula is C21H21N5O. The van der Waals surface area contributed by atoms with Crippen LogP contribution < -0.4 is 5.32 Å². The normalized spacial score (nSPS) is 11.2. The number of carbonyl (C=O) groups is 1. The van der Waals surface area contributed by atoms with Crippen molar-refractivity contribution in [3.63, 3.8) is 0 Å². The number of H-pyrrole nitrogens is 2. The van der Waals surface area contributed by atoms with Crippen molar-refractivity contribution >= 4 is 22.5 Å². The van der Waals surface area contributed by atoms with Gasteiger partial charge in [0.25, 0.3) is 5.91 Å². The van der Waals surface area contributed by atoms with Crippen LogP contribution in [0.3, 0.4) is 0 Å². The van der Waals surface area contributed by atoms with Gasteiger partial charge in [0.1, 0.15) is 0 Å². The monoisotopic (exact) mass is 359 g/mol. The molecule has 0 saturated carbocycles. The Morgan fingerprint density at radius 2 is 1.93 bits per heavy atom. The van der Waals surface area contributed by atoms with E-state index in [4.69, 9.17) is 0 Å². The van der Waals surface area contributed by atoms with Gasteiger partial charge in [-0.05, 0) is 56.1 Å². The molecule has 0 aliphatic heterocycles. The highest BCUT2D eigenvalue weighted by Crippen LogP contribution is 2.28. The van der Waals surface area contributed by atoms with Crippen molar-refractivity contribution in [1.82, 2.24) is 20.1 Å². The summed E-state index contributed by atoms with van der Waals surface area (Å²) in [6.07, 6.45) is 3.55. The predicted molar refractivity (Wildman–Crippen MR) is 108 cm³/mol. The molecule has 4 rings (SSSR count). The highest BCUT2D eigenvalue weighted by molar-refractivity contribution is 6.11. The van der Waals surface area contributed by atoms with E-state index < -0.39 is 0 Å². The summed E-state index contributed by atoms with van der Waals surface area (Å²) in [4.78, 5) is 18.3. The van der Waals surface area contributed by atoms with Crippen LogP contribution in [0.4, 0.5) is 5.69 Å². The van der Waals surface area contributed by atoms with E-state index in [1.165, 1.54) is 5.56 Å². The fourth-order valence-corrected chi connectivity index (χ4v) is 3.17. The van der Waals surface area contributed by atoms with Crippen molar-refractivity contribution < 1.29 is 4.79 Å². The van der Waals surface area contributed by atoms with Gasteiger partial charge in [-0.25, -0.2) is 0 Å². The van der Waals surface area contributed by atoms with E-state index in [-0.39, 0.29) is 5.91 Å². The van der Waals surface area contributed by atoms with Crippen LogP contribution >= 0.6 is 0 Å². The minimum absolute atomic E-state index is 0.156. The Bertz CT molecular complexity index is 1060. The molecule has 2 aromatic heterocycles. The molecule has 136 valence electrons. The number of benzene rings is 2. The van der Waals surface area contributed by atoms with Gasteiger partial charge in [-0.1, -0.05) is 12.1 Å². The lowest BCUT2D eigenvalue weighted by molar-refractivity contribution is 0.102. The van der Waals surface area contributed by atoms with Crippen LogP contribution in [0.2, 0.25) is 0 Å². The van der Waals surface area contributed by atoms with Crippen molar-refractivity contribution in [2.75, 3.05) is 19.4 Å². The molecular weight excluding hydrogens is 338 g/mol. The molecule has 0 radical (unpaired) electrons. The minimum atomic E-state index is -0.156. The number of anilines is 1. The van der Waals surface area contributed by atoms with Crippen LogP contribution in [0.5, 0.6) is 0 Å². The molecule has 0 aliphatic carbocycles. The van der Waals surface area contributed by atoms with E-state index in [0.717, 1.165) is 34.4 Å². The molecule has 2 aromatic carbocycles. The zero-order chi connectivity index (χ0) is 18.8. The number of nitrogens with one attached hydrogen (secondary N) is 3. The predicted octanol–water partition coefficient (Wildman–Crippen LogP) is 3.87. The summed E-state index contributed by atoms with van der Waals surface area (Å²) in [5.74, 6) is -0.156. The summed E-state index contributed by atoms with van der Waals surface area (Å²) in [6.45, 7) is 0.863. The lowest BCUT2D eigenvalue weighted by Gasteiger charge is -2.12. The van der Waals surface area contributed by atoms with E-state index in [1.54, 1.807) is 6.20 Å². The topological polar surface area (TPSA) is 76.8 Å². The summed E-state index contributed by atoms with van der Waals surface area (Å²) >= 11 is 0. The smallest absolute Gasteiger partial charge is 0.256 e. The van der Waals surface area contributed by atoms with Gasteiger partial charge >= 0.3 is 0 Å².